The largest absolute Gasteiger partial charge is 0.374 e. The van der Waals surface area contributed by atoms with Crippen LogP contribution in [-0.2, 0) is 11.3 Å². The molecule has 5 heteroatoms. The molecule has 2 heterocycles. The number of nitrogens with one attached hydrogen (secondary N) is 1. The predicted octanol–water partition coefficient (Wildman–Crippen LogP) is 2.82. The first-order valence-corrected chi connectivity index (χ1v) is 8.22. The fourth-order valence-corrected chi connectivity index (χ4v) is 3.75. The van der Waals surface area contributed by atoms with Crippen LogP contribution >= 0.6 is 0 Å². The zero-order valence-corrected chi connectivity index (χ0v) is 13.1. The summed E-state index contributed by atoms with van der Waals surface area (Å²) in [4.78, 5) is 11.8. The lowest BCUT2D eigenvalue weighted by Crippen LogP contribution is -2.43. The summed E-state index contributed by atoms with van der Waals surface area (Å²) in [7, 11) is 1.91. The van der Waals surface area contributed by atoms with Gasteiger partial charge in [0.15, 0.2) is 5.82 Å². The van der Waals surface area contributed by atoms with E-state index in [-0.39, 0.29) is 0 Å². The van der Waals surface area contributed by atoms with Crippen LogP contribution in [0.4, 0.5) is 11.6 Å². The van der Waals surface area contributed by atoms with E-state index in [2.05, 4.69) is 21.3 Å². The van der Waals surface area contributed by atoms with Crippen LogP contribution in [-0.4, -0.2) is 36.2 Å². The highest BCUT2D eigenvalue weighted by atomic mass is 16.5. The van der Waals surface area contributed by atoms with E-state index in [0.717, 1.165) is 29.9 Å². The van der Waals surface area contributed by atoms with Crippen LogP contribution in [0.15, 0.2) is 6.07 Å². The van der Waals surface area contributed by atoms with Crippen molar-refractivity contribution in [2.24, 2.45) is 5.92 Å². The summed E-state index contributed by atoms with van der Waals surface area (Å²) in [5.74, 6) is 3.59. The molecule has 0 amide bonds. The molecule has 1 aromatic rings. The maximum atomic E-state index is 5.48. The molecule has 1 saturated heterocycles. The molecule has 2 aliphatic rings. The molecule has 5 nitrogen and oxygen atoms in total. The Hall–Kier alpha value is -1.36. The van der Waals surface area contributed by atoms with Gasteiger partial charge in [-0.1, -0.05) is 6.42 Å². The summed E-state index contributed by atoms with van der Waals surface area (Å²) in [6.07, 6.45) is 6.72. The summed E-state index contributed by atoms with van der Waals surface area (Å²) >= 11 is 0. The van der Waals surface area contributed by atoms with E-state index in [4.69, 9.17) is 9.72 Å². The SMILES string of the molecule is CCOCc1nc(NC)cc(N2CCCC3CCCC32)n1. The van der Waals surface area contributed by atoms with Crippen molar-refractivity contribution in [3.05, 3.63) is 11.9 Å². The molecule has 1 aromatic heterocycles. The third-order valence-corrected chi connectivity index (χ3v) is 4.74. The van der Waals surface area contributed by atoms with Gasteiger partial charge in [0.1, 0.15) is 18.2 Å². The molecule has 0 spiro atoms. The Bertz CT molecular complexity index is 479. The second-order valence-corrected chi connectivity index (χ2v) is 6.01. The average Bonchev–Trinajstić information content (AvgIpc) is 3.01. The summed E-state index contributed by atoms with van der Waals surface area (Å²) in [5.41, 5.74) is 0. The van der Waals surface area contributed by atoms with Crippen LogP contribution in [0.3, 0.4) is 0 Å². The lowest BCUT2D eigenvalue weighted by atomic mass is 9.92. The molecule has 0 radical (unpaired) electrons. The first kappa shape index (κ1) is 14.6. The van der Waals surface area contributed by atoms with Crippen molar-refractivity contribution in [2.45, 2.75) is 51.7 Å². The highest BCUT2D eigenvalue weighted by Crippen LogP contribution is 2.38. The van der Waals surface area contributed by atoms with E-state index in [9.17, 15) is 0 Å². The minimum Gasteiger partial charge on any atom is -0.374 e. The third kappa shape index (κ3) is 3.12. The number of nitrogens with zero attached hydrogens (tertiary/aromatic N) is 3. The van der Waals surface area contributed by atoms with E-state index >= 15 is 0 Å². The lowest BCUT2D eigenvalue weighted by Gasteiger charge is -2.38. The molecule has 21 heavy (non-hydrogen) atoms. The molecule has 2 atom stereocenters. The van der Waals surface area contributed by atoms with Gasteiger partial charge in [-0.15, -0.1) is 0 Å². The Morgan fingerprint density at radius 2 is 2.14 bits per heavy atom. The van der Waals surface area contributed by atoms with Crippen molar-refractivity contribution in [1.29, 1.82) is 0 Å². The number of fused-ring (bicyclic) bond motifs is 1. The second-order valence-electron chi connectivity index (χ2n) is 6.01. The van der Waals surface area contributed by atoms with Gasteiger partial charge in [0.2, 0.25) is 0 Å². The standard InChI is InChI=1S/C16H26N4O/c1-3-21-11-15-18-14(17-2)10-16(19-15)20-9-5-7-12-6-4-8-13(12)20/h10,12-13H,3-9,11H2,1-2H3,(H,17,18,19). The molecule has 1 aliphatic carbocycles. The highest BCUT2D eigenvalue weighted by Gasteiger charge is 2.35. The van der Waals surface area contributed by atoms with E-state index in [1.165, 1.54) is 32.1 Å². The number of anilines is 2. The van der Waals surface area contributed by atoms with Gasteiger partial charge in [0.25, 0.3) is 0 Å². The van der Waals surface area contributed by atoms with E-state index in [0.29, 0.717) is 19.3 Å². The molecule has 3 rings (SSSR count). The maximum absolute atomic E-state index is 5.48. The quantitative estimate of drug-likeness (QED) is 0.903. The molecular formula is C16H26N4O. The number of rotatable bonds is 5. The van der Waals surface area contributed by atoms with Crippen molar-refractivity contribution >= 4 is 11.6 Å². The van der Waals surface area contributed by atoms with Gasteiger partial charge in [-0.2, -0.15) is 0 Å². The lowest BCUT2D eigenvalue weighted by molar-refractivity contribution is 0.128. The minimum atomic E-state index is 0.487. The highest BCUT2D eigenvalue weighted by molar-refractivity contribution is 5.50. The third-order valence-electron chi connectivity index (χ3n) is 4.74. The molecule has 0 aromatic carbocycles. The van der Waals surface area contributed by atoms with Gasteiger partial charge in [0.05, 0.1) is 0 Å². The summed E-state index contributed by atoms with van der Waals surface area (Å²) < 4.78 is 5.48. The minimum absolute atomic E-state index is 0.487. The Balaban J connectivity index is 1.85. The predicted molar refractivity (Wildman–Crippen MR) is 84.6 cm³/mol. The van der Waals surface area contributed by atoms with Crippen molar-refractivity contribution in [1.82, 2.24) is 9.97 Å². The summed E-state index contributed by atoms with van der Waals surface area (Å²) in [6, 6.07) is 2.76. The van der Waals surface area contributed by atoms with Gasteiger partial charge in [-0.25, -0.2) is 9.97 Å². The first-order chi connectivity index (χ1) is 10.3. The van der Waals surface area contributed by atoms with Crippen LogP contribution in [0, 0.1) is 5.92 Å². The van der Waals surface area contributed by atoms with Crippen LogP contribution in [0.2, 0.25) is 0 Å². The summed E-state index contributed by atoms with van der Waals surface area (Å²) in [6.45, 7) is 4.30. The summed E-state index contributed by atoms with van der Waals surface area (Å²) in [5, 5.41) is 3.15. The monoisotopic (exact) mass is 290 g/mol. The Morgan fingerprint density at radius 1 is 1.29 bits per heavy atom. The smallest absolute Gasteiger partial charge is 0.158 e. The number of aromatic nitrogens is 2. The molecule has 2 fully saturated rings. The topological polar surface area (TPSA) is 50.3 Å². The van der Waals surface area contributed by atoms with Crippen molar-refractivity contribution < 1.29 is 4.74 Å². The number of ether oxygens (including phenoxy) is 1. The van der Waals surface area contributed by atoms with Gasteiger partial charge >= 0.3 is 0 Å². The van der Waals surface area contributed by atoms with Gasteiger partial charge < -0.3 is 15.0 Å². The average molecular weight is 290 g/mol. The number of hydrogen-bond donors (Lipinski definition) is 1. The second kappa shape index (κ2) is 6.60. The zero-order chi connectivity index (χ0) is 14.7. The van der Waals surface area contributed by atoms with Crippen molar-refractivity contribution in [2.75, 3.05) is 30.4 Å². The molecule has 116 valence electrons. The van der Waals surface area contributed by atoms with E-state index in [1.54, 1.807) is 0 Å². The maximum Gasteiger partial charge on any atom is 0.158 e. The van der Waals surface area contributed by atoms with Crippen molar-refractivity contribution in [3.63, 3.8) is 0 Å². The van der Waals surface area contributed by atoms with Crippen LogP contribution < -0.4 is 10.2 Å². The molecule has 1 N–H and O–H groups in total. The molecule has 2 unspecified atom stereocenters. The Morgan fingerprint density at radius 3 is 2.95 bits per heavy atom. The van der Waals surface area contributed by atoms with Crippen molar-refractivity contribution in [3.8, 4) is 0 Å². The normalized spacial score (nSPS) is 25.0. The van der Waals surface area contributed by atoms with Gasteiger partial charge in [-0.05, 0) is 38.5 Å². The zero-order valence-electron chi connectivity index (χ0n) is 13.1. The number of piperidine rings is 1. The first-order valence-electron chi connectivity index (χ1n) is 8.22. The van der Waals surface area contributed by atoms with Gasteiger partial charge in [0, 0.05) is 32.3 Å². The van der Waals surface area contributed by atoms with Crippen LogP contribution in [0.1, 0.15) is 44.9 Å². The fourth-order valence-electron chi connectivity index (χ4n) is 3.75. The van der Waals surface area contributed by atoms with E-state index < -0.39 is 0 Å². The number of hydrogen-bond acceptors (Lipinski definition) is 5. The Kier molecular flexibility index (Phi) is 4.58. The molecule has 0 bridgehead atoms. The van der Waals surface area contributed by atoms with E-state index in [1.807, 2.05) is 14.0 Å². The van der Waals surface area contributed by atoms with Crippen LogP contribution in [0.5, 0.6) is 0 Å². The molecular weight excluding hydrogens is 264 g/mol. The Labute approximate surface area is 127 Å². The van der Waals surface area contributed by atoms with Gasteiger partial charge in [-0.3, -0.25) is 0 Å². The molecule has 1 saturated carbocycles. The fraction of sp³-hybridized carbons (Fsp3) is 0.750. The molecule has 1 aliphatic heterocycles. The van der Waals surface area contributed by atoms with Crippen LogP contribution in [0.25, 0.3) is 0 Å².